The number of rotatable bonds is 4. The summed E-state index contributed by atoms with van der Waals surface area (Å²) in [4.78, 5) is 0.471. The average molecular weight is 294 g/mol. The second-order valence-electron chi connectivity index (χ2n) is 5.22. The zero-order chi connectivity index (χ0) is 13.8. The van der Waals surface area contributed by atoms with Gasteiger partial charge >= 0.3 is 0 Å². The number of hydrogen-bond acceptors (Lipinski definition) is 3. The number of thiocarbonyl (C=S) groups is 1. The number of aryl methyl sites for hydroxylation is 1. The van der Waals surface area contributed by atoms with Gasteiger partial charge < -0.3 is 11.1 Å². The van der Waals surface area contributed by atoms with E-state index in [2.05, 4.69) is 30.6 Å². The minimum Gasteiger partial charge on any atom is -0.389 e. The Balaban J connectivity index is 2.21. The summed E-state index contributed by atoms with van der Waals surface area (Å²) >= 11 is 7.12. The van der Waals surface area contributed by atoms with Crippen LogP contribution in [0.1, 0.15) is 36.8 Å². The van der Waals surface area contributed by atoms with E-state index in [-0.39, 0.29) is 0 Å². The zero-order valence-electron chi connectivity index (χ0n) is 11.6. The normalized spacial score (nSPS) is 23.1. The maximum atomic E-state index is 5.82. The minimum absolute atomic E-state index is 0.471. The lowest BCUT2D eigenvalue weighted by Crippen LogP contribution is -2.35. The Morgan fingerprint density at radius 3 is 2.79 bits per heavy atom. The number of nitrogens with two attached hydrogens (primary N) is 1. The summed E-state index contributed by atoms with van der Waals surface area (Å²) < 4.78 is 0. The molecule has 0 amide bonds. The maximum absolute atomic E-state index is 5.82. The molecule has 1 aromatic carbocycles. The van der Waals surface area contributed by atoms with E-state index < -0.39 is 0 Å². The van der Waals surface area contributed by atoms with Crippen LogP contribution < -0.4 is 11.1 Å². The molecule has 2 atom stereocenters. The van der Waals surface area contributed by atoms with Gasteiger partial charge in [0.15, 0.2) is 0 Å². The largest absolute Gasteiger partial charge is 0.389 e. The standard InChI is InChI=1S/C15H22N2S2/c1-10-7-8-11(15(16)18)13(9-10)17-12-5-3-4-6-14(12)19-2/h7-9,12,14,17H,3-6H2,1-2H3,(H2,16,18). The molecule has 4 heteroatoms. The van der Waals surface area contributed by atoms with Crippen molar-refractivity contribution in [3.63, 3.8) is 0 Å². The van der Waals surface area contributed by atoms with Crippen LogP contribution in [0.5, 0.6) is 0 Å². The third kappa shape index (κ3) is 3.63. The Hall–Kier alpha value is -0.740. The van der Waals surface area contributed by atoms with Gasteiger partial charge in [-0.25, -0.2) is 0 Å². The van der Waals surface area contributed by atoms with E-state index in [1.807, 2.05) is 17.8 Å². The van der Waals surface area contributed by atoms with Crippen molar-refractivity contribution in [3.05, 3.63) is 29.3 Å². The molecule has 0 saturated heterocycles. The Kier molecular flexibility index (Phi) is 5.11. The fraction of sp³-hybridized carbons (Fsp3) is 0.533. The van der Waals surface area contributed by atoms with Crippen molar-refractivity contribution in [1.82, 2.24) is 0 Å². The SMILES string of the molecule is CSC1CCCCC1Nc1cc(C)ccc1C(N)=S. The van der Waals surface area contributed by atoms with E-state index in [4.69, 9.17) is 18.0 Å². The van der Waals surface area contributed by atoms with E-state index in [9.17, 15) is 0 Å². The van der Waals surface area contributed by atoms with Crippen LogP contribution in [0.15, 0.2) is 18.2 Å². The first-order valence-corrected chi connectivity index (χ1v) is 8.51. The van der Waals surface area contributed by atoms with Gasteiger partial charge in [-0.15, -0.1) is 0 Å². The molecule has 0 heterocycles. The van der Waals surface area contributed by atoms with Crippen molar-refractivity contribution >= 4 is 34.7 Å². The van der Waals surface area contributed by atoms with Crippen molar-refractivity contribution in [2.24, 2.45) is 5.73 Å². The van der Waals surface area contributed by atoms with Crippen molar-refractivity contribution < 1.29 is 0 Å². The highest BCUT2D eigenvalue weighted by molar-refractivity contribution is 7.99. The van der Waals surface area contributed by atoms with Crippen LogP contribution in [0, 0.1) is 6.92 Å². The summed E-state index contributed by atoms with van der Waals surface area (Å²) in [6, 6.07) is 6.77. The van der Waals surface area contributed by atoms with Gasteiger partial charge in [-0.1, -0.05) is 31.1 Å². The van der Waals surface area contributed by atoms with Gasteiger partial charge in [0.25, 0.3) is 0 Å². The van der Waals surface area contributed by atoms with Gasteiger partial charge in [0.05, 0.1) is 0 Å². The molecule has 1 saturated carbocycles. The molecule has 1 aliphatic rings. The van der Waals surface area contributed by atoms with Crippen LogP contribution in [0.25, 0.3) is 0 Å². The Labute approximate surface area is 125 Å². The number of benzene rings is 1. The van der Waals surface area contributed by atoms with E-state index in [0.29, 0.717) is 16.3 Å². The molecular formula is C15H22N2S2. The molecule has 19 heavy (non-hydrogen) atoms. The van der Waals surface area contributed by atoms with Crippen molar-refractivity contribution in [3.8, 4) is 0 Å². The van der Waals surface area contributed by atoms with E-state index in [1.54, 1.807) is 0 Å². The maximum Gasteiger partial charge on any atom is 0.106 e. The lowest BCUT2D eigenvalue weighted by molar-refractivity contribution is 0.475. The molecule has 1 fully saturated rings. The summed E-state index contributed by atoms with van der Waals surface area (Å²) in [5, 5.41) is 4.37. The van der Waals surface area contributed by atoms with Gasteiger partial charge in [0.2, 0.25) is 0 Å². The van der Waals surface area contributed by atoms with E-state index in [0.717, 1.165) is 11.3 Å². The summed E-state index contributed by atoms with van der Waals surface area (Å²) in [6.45, 7) is 2.10. The van der Waals surface area contributed by atoms with E-state index in [1.165, 1.54) is 31.2 Å². The quantitative estimate of drug-likeness (QED) is 0.830. The average Bonchev–Trinajstić information content (AvgIpc) is 2.39. The first kappa shape index (κ1) is 14.7. The van der Waals surface area contributed by atoms with Crippen LogP contribution in [-0.2, 0) is 0 Å². The van der Waals surface area contributed by atoms with Crippen molar-refractivity contribution in [2.75, 3.05) is 11.6 Å². The van der Waals surface area contributed by atoms with Gasteiger partial charge in [0, 0.05) is 22.5 Å². The predicted octanol–water partition coefficient (Wildman–Crippen LogP) is 3.72. The van der Waals surface area contributed by atoms with Crippen LogP contribution in [0.2, 0.25) is 0 Å². The number of nitrogens with one attached hydrogen (secondary N) is 1. The summed E-state index contributed by atoms with van der Waals surface area (Å²) in [5.41, 5.74) is 9.12. The lowest BCUT2D eigenvalue weighted by Gasteiger charge is -2.32. The summed E-state index contributed by atoms with van der Waals surface area (Å²) in [5.74, 6) is 0. The monoisotopic (exact) mass is 294 g/mol. The smallest absolute Gasteiger partial charge is 0.106 e. The fourth-order valence-electron chi connectivity index (χ4n) is 2.74. The van der Waals surface area contributed by atoms with E-state index >= 15 is 0 Å². The summed E-state index contributed by atoms with van der Waals surface area (Å²) in [7, 11) is 0. The molecule has 1 aromatic rings. The first-order chi connectivity index (χ1) is 9.11. The van der Waals surface area contributed by atoms with Gasteiger partial charge in [-0.05, 0) is 43.7 Å². The molecule has 104 valence electrons. The highest BCUT2D eigenvalue weighted by Crippen LogP contribution is 2.30. The summed E-state index contributed by atoms with van der Waals surface area (Å²) in [6.07, 6.45) is 7.39. The molecule has 0 spiro atoms. The molecule has 2 nitrogen and oxygen atoms in total. The highest BCUT2D eigenvalue weighted by Gasteiger charge is 2.24. The van der Waals surface area contributed by atoms with Crippen molar-refractivity contribution in [2.45, 2.75) is 43.9 Å². The molecule has 1 aliphatic carbocycles. The number of thioether (sulfide) groups is 1. The topological polar surface area (TPSA) is 38.0 Å². The lowest BCUT2D eigenvalue weighted by atomic mass is 9.94. The number of hydrogen-bond donors (Lipinski definition) is 2. The second kappa shape index (κ2) is 6.62. The Morgan fingerprint density at radius 2 is 2.11 bits per heavy atom. The third-order valence-corrected chi connectivity index (χ3v) is 5.18. The van der Waals surface area contributed by atoms with Gasteiger partial charge in [-0.2, -0.15) is 11.8 Å². The minimum atomic E-state index is 0.471. The molecule has 2 unspecified atom stereocenters. The molecule has 0 radical (unpaired) electrons. The van der Waals surface area contributed by atoms with Crippen molar-refractivity contribution in [1.29, 1.82) is 0 Å². The molecule has 2 rings (SSSR count). The van der Waals surface area contributed by atoms with Gasteiger partial charge in [-0.3, -0.25) is 0 Å². The Bertz CT molecular complexity index is 459. The van der Waals surface area contributed by atoms with Gasteiger partial charge in [0.1, 0.15) is 4.99 Å². The molecule has 0 bridgehead atoms. The highest BCUT2D eigenvalue weighted by atomic mass is 32.2. The second-order valence-corrected chi connectivity index (χ2v) is 6.74. The zero-order valence-corrected chi connectivity index (χ0v) is 13.2. The third-order valence-electron chi connectivity index (χ3n) is 3.79. The molecule has 0 aliphatic heterocycles. The van der Waals surface area contributed by atoms with Crippen LogP contribution in [0.3, 0.4) is 0 Å². The van der Waals surface area contributed by atoms with Crippen LogP contribution in [-0.4, -0.2) is 22.5 Å². The fourth-order valence-corrected chi connectivity index (χ4v) is 3.85. The predicted molar refractivity (Wildman–Crippen MR) is 90.2 cm³/mol. The molecular weight excluding hydrogens is 272 g/mol. The first-order valence-electron chi connectivity index (χ1n) is 6.81. The van der Waals surface area contributed by atoms with Crippen LogP contribution >= 0.6 is 24.0 Å². The molecule has 3 N–H and O–H groups in total. The Morgan fingerprint density at radius 1 is 1.37 bits per heavy atom. The van der Waals surface area contributed by atoms with Crippen LogP contribution in [0.4, 0.5) is 5.69 Å². The number of anilines is 1. The molecule has 0 aromatic heterocycles.